The molecule has 1 fully saturated rings. The third-order valence-corrected chi connectivity index (χ3v) is 6.25. The summed E-state index contributed by atoms with van der Waals surface area (Å²) in [4.78, 5) is 12.4. The molecule has 0 aliphatic carbocycles. The van der Waals surface area contributed by atoms with Gasteiger partial charge in [0.2, 0.25) is 10.0 Å². The van der Waals surface area contributed by atoms with Gasteiger partial charge in [0.25, 0.3) is 5.91 Å². The van der Waals surface area contributed by atoms with Gasteiger partial charge in [0.1, 0.15) is 5.75 Å². The van der Waals surface area contributed by atoms with Crippen LogP contribution in [-0.4, -0.2) is 64.3 Å². The van der Waals surface area contributed by atoms with Crippen LogP contribution in [0, 0.1) is 5.92 Å². The van der Waals surface area contributed by atoms with Crippen LogP contribution in [0.3, 0.4) is 0 Å². The summed E-state index contributed by atoms with van der Waals surface area (Å²) >= 11 is 6.10. The zero-order chi connectivity index (χ0) is 18.6. The quantitative estimate of drug-likeness (QED) is 0.760. The molecule has 0 bridgehead atoms. The molecule has 1 heterocycles. The van der Waals surface area contributed by atoms with Crippen molar-refractivity contribution in [1.82, 2.24) is 9.62 Å². The highest BCUT2D eigenvalue weighted by Crippen LogP contribution is 2.26. The third-order valence-electron chi connectivity index (χ3n) is 3.99. The molecule has 2 rings (SSSR count). The van der Waals surface area contributed by atoms with E-state index in [0.29, 0.717) is 29.5 Å². The van der Waals surface area contributed by atoms with Crippen LogP contribution in [0.2, 0.25) is 5.02 Å². The van der Waals surface area contributed by atoms with Gasteiger partial charge in [0, 0.05) is 25.6 Å². The fourth-order valence-corrected chi connectivity index (χ4v) is 3.91. The first-order chi connectivity index (χ1) is 11.7. The number of sulfonamides is 1. The average Bonchev–Trinajstić information content (AvgIpc) is 2.95. The fraction of sp³-hybridized carbons (Fsp3) is 0.562. The van der Waals surface area contributed by atoms with Crippen molar-refractivity contribution in [1.29, 1.82) is 0 Å². The minimum Gasteiger partial charge on any atom is -0.492 e. The Kier molecular flexibility index (Phi) is 6.67. The summed E-state index contributed by atoms with van der Waals surface area (Å²) in [5.74, 6) is -0.184. The minimum absolute atomic E-state index is 0.0744. The number of nitrogens with one attached hydrogen (secondary N) is 1. The van der Waals surface area contributed by atoms with Gasteiger partial charge >= 0.3 is 0 Å². The number of carbonyl (C=O) groups excluding carboxylic acids is 1. The van der Waals surface area contributed by atoms with E-state index in [-0.39, 0.29) is 30.2 Å². The van der Waals surface area contributed by atoms with E-state index in [9.17, 15) is 13.2 Å². The Balaban J connectivity index is 2.05. The molecule has 1 aliphatic rings. The minimum atomic E-state index is -3.37. The number of halogens is 1. The largest absolute Gasteiger partial charge is 0.492 e. The summed E-state index contributed by atoms with van der Waals surface area (Å²) in [7, 11) is -0.396. The molecule has 1 aliphatic heterocycles. The fourth-order valence-electron chi connectivity index (χ4n) is 2.51. The molecular formula is C16H23ClN2O5S. The first-order valence-corrected chi connectivity index (χ1v) is 9.94. The first-order valence-electron chi connectivity index (χ1n) is 7.95. The van der Waals surface area contributed by atoms with E-state index >= 15 is 0 Å². The van der Waals surface area contributed by atoms with Crippen molar-refractivity contribution in [2.75, 3.05) is 39.7 Å². The summed E-state index contributed by atoms with van der Waals surface area (Å²) in [6.45, 7) is 2.90. The van der Waals surface area contributed by atoms with E-state index < -0.39 is 10.0 Å². The molecule has 0 spiro atoms. The number of carbonyl (C=O) groups is 1. The monoisotopic (exact) mass is 390 g/mol. The van der Waals surface area contributed by atoms with Gasteiger partial charge in [-0.15, -0.1) is 0 Å². The number of amides is 1. The Labute approximate surface area is 153 Å². The molecule has 0 saturated carbocycles. The van der Waals surface area contributed by atoms with Gasteiger partial charge in [-0.2, -0.15) is 0 Å². The smallest absolute Gasteiger partial charge is 0.251 e. The average molecular weight is 391 g/mol. The maximum absolute atomic E-state index is 12.4. The second kappa shape index (κ2) is 8.35. The lowest BCUT2D eigenvalue weighted by molar-refractivity contribution is 0.0926. The molecule has 1 aromatic carbocycles. The molecule has 1 aromatic rings. The molecule has 140 valence electrons. The Bertz CT molecular complexity index is 723. The van der Waals surface area contributed by atoms with Crippen LogP contribution in [0.15, 0.2) is 18.2 Å². The molecule has 1 amide bonds. The van der Waals surface area contributed by atoms with E-state index in [1.165, 1.54) is 24.5 Å². The standard InChI is InChI=1S/C16H23ClN2O5S/c1-4-24-15-6-5-11(7-13(15)17)16(20)18-14-9-23-8-12(14)10-25(21,22)19(2)3/h5-7,12,14H,4,8-10H2,1-3H3,(H,18,20). The molecule has 2 atom stereocenters. The molecular weight excluding hydrogens is 368 g/mol. The van der Waals surface area contributed by atoms with Crippen molar-refractivity contribution in [3.05, 3.63) is 28.8 Å². The molecule has 0 aromatic heterocycles. The summed E-state index contributed by atoms with van der Waals surface area (Å²) in [5, 5.41) is 3.19. The molecule has 0 radical (unpaired) electrons. The number of benzene rings is 1. The SMILES string of the molecule is CCOc1ccc(C(=O)NC2COCC2CS(=O)(=O)N(C)C)cc1Cl. The number of ether oxygens (including phenoxy) is 2. The Morgan fingerprint density at radius 1 is 1.40 bits per heavy atom. The highest BCUT2D eigenvalue weighted by atomic mass is 35.5. The van der Waals surface area contributed by atoms with Crippen molar-refractivity contribution in [2.45, 2.75) is 13.0 Å². The second-order valence-corrected chi connectivity index (χ2v) is 8.65. The van der Waals surface area contributed by atoms with E-state index in [4.69, 9.17) is 21.1 Å². The van der Waals surface area contributed by atoms with Gasteiger partial charge < -0.3 is 14.8 Å². The van der Waals surface area contributed by atoms with Crippen LogP contribution in [0.5, 0.6) is 5.75 Å². The predicted molar refractivity (Wildman–Crippen MR) is 95.7 cm³/mol. The molecule has 25 heavy (non-hydrogen) atoms. The maximum atomic E-state index is 12.4. The Morgan fingerprint density at radius 3 is 2.72 bits per heavy atom. The summed E-state index contributed by atoms with van der Waals surface area (Å²) in [5.41, 5.74) is 0.384. The number of rotatable bonds is 7. The Hall–Kier alpha value is -1.35. The third kappa shape index (κ3) is 5.07. The van der Waals surface area contributed by atoms with Gasteiger partial charge in [-0.1, -0.05) is 11.6 Å². The zero-order valence-electron chi connectivity index (χ0n) is 14.5. The van der Waals surface area contributed by atoms with Crippen molar-refractivity contribution in [3.8, 4) is 5.75 Å². The van der Waals surface area contributed by atoms with Gasteiger partial charge in [-0.3, -0.25) is 4.79 Å². The van der Waals surface area contributed by atoms with Gasteiger partial charge in [-0.25, -0.2) is 12.7 Å². The van der Waals surface area contributed by atoms with Gasteiger partial charge in [-0.05, 0) is 25.1 Å². The zero-order valence-corrected chi connectivity index (χ0v) is 16.1. The topological polar surface area (TPSA) is 84.9 Å². The van der Waals surface area contributed by atoms with Crippen LogP contribution >= 0.6 is 11.6 Å². The molecule has 1 N–H and O–H groups in total. The molecule has 1 saturated heterocycles. The number of hydrogen-bond acceptors (Lipinski definition) is 5. The number of hydrogen-bond donors (Lipinski definition) is 1. The van der Waals surface area contributed by atoms with Crippen LogP contribution in [0.1, 0.15) is 17.3 Å². The molecule has 9 heteroatoms. The summed E-state index contributed by atoms with van der Waals surface area (Å²) in [6, 6.07) is 4.42. The predicted octanol–water partition coefficient (Wildman–Crippen LogP) is 1.37. The van der Waals surface area contributed by atoms with Crippen molar-refractivity contribution < 1.29 is 22.7 Å². The van der Waals surface area contributed by atoms with Crippen LogP contribution in [-0.2, 0) is 14.8 Å². The van der Waals surface area contributed by atoms with Crippen LogP contribution in [0.25, 0.3) is 0 Å². The van der Waals surface area contributed by atoms with E-state index in [1.807, 2.05) is 6.92 Å². The van der Waals surface area contributed by atoms with Crippen molar-refractivity contribution in [2.24, 2.45) is 5.92 Å². The summed E-state index contributed by atoms with van der Waals surface area (Å²) in [6.07, 6.45) is 0. The molecule has 2 unspecified atom stereocenters. The summed E-state index contributed by atoms with van der Waals surface area (Å²) < 4.78 is 36.0. The van der Waals surface area contributed by atoms with E-state index in [1.54, 1.807) is 12.1 Å². The van der Waals surface area contributed by atoms with Gasteiger partial charge in [0.05, 0.1) is 36.6 Å². The lowest BCUT2D eigenvalue weighted by atomic mass is 10.1. The van der Waals surface area contributed by atoms with Crippen LogP contribution < -0.4 is 10.1 Å². The second-order valence-electron chi connectivity index (χ2n) is 6.02. The Morgan fingerprint density at radius 2 is 2.12 bits per heavy atom. The van der Waals surface area contributed by atoms with E-state index in [0.717, 1.165) is 0 Å². The van der Waals surface area contributed by atoms with Crippen molar-refractivity contribution >= 4 is 27.5 Å². The van der Waals surface area contributed by atoms with Crippen LogP contribution in [0.4, 0.5) is 0 Å². The lowest BCUT2D eigenvalue weighted by Crippen LogP contribution is -2.43. The number of nitrogens with zero attached hydrogens (tertiary/aromatic N) is 1. The normalized spacial score (nSPS) is 20.7. The highest BCUT2D eigenvalue weighted by molar-refractivity contribution is 7.89. The van der Waals surface area contributed by atoms with E-state index in [2.05, 4.69) is 5.32 Å². The highest BCUT2D eigenvalue weighted by Gasteiger charge is 2.34. The first kappa shape index (κ1) is 20.0. The van der Waals surface area contributed by atoms with Crippen molar-refractivity contribution in [3.63, 3.8) is 0 Å². The lowest BCUT2D eigenvalue weighted by Gasteiger charge is -2.21. The molecule has 7 nitrogen and oxygen atoms in total. The van der Waals surface area contributed by atoms with Gasteiger partial charge in [0.15, 0.2) is 0 Å². The maximum Gasteiger partial charge on any atom is 0.251 e.